The molecule has 2 heterocycles. The number of methoxy groups -OCH3 is 2. The molecule has 0 saturated heterocycles. The lowest BCUT2D eigenvalue weighted by Gasteiger charge is -2.14. The standard InChI is InChI=1S/C19H18N4O2/c1-22-12-21-15-8-7-13(11-16(15)22)23-10-9-20-19(23)14-5-4-6-17(24-2)18(14)25-3/h4-12H,1-3H3. The summed E-state index contributed by atoms with van der Waals surface area (Å²) in [6.07, 6.45) is 5.53. The first-order valence-electron chi connectivity index (χ1n) is 7.89. The number of rotatable bonds is 4. The predicted octanol–water partition coefficient (Wildman–Crippen LogP) is 3.44. The molecule has 0 radical (unpaired) electrons. The van der Waals surface area contributed by atoms with Crippen LogP contribution in [0, 0.1) is 0 Å². The molecule has 0 aliphatic carbocycles. The molecule has 0 bridgehead atoms. The molecule has 6 heteroatoms. The van der Waals surface area contributed by atoms with Gasteiger partial charge in [-0.05, 0) is 30.3 Å². The van der Waals surface area contributed by atoms with E-state index in [1.54, 1.807) is 20.4 Å². The molecule has 0 fully saturated rings. The van der Waals surface area contributed by atoms with Gasteiger partial charge in [-0.2, -0.15) is 0 Å². The van der Waals surface area contributed by atoms with Crippen molar-refractivity contribution in [1.82, 2.24) is 19.1 Å². The minimum atomic E-state index is 0.666. The molecule has 0 spiro atoms. The number of ether oxygens (including phenoxy) is 2. The molecule has 25 heavy (non-hydrogen) atoms. The number of hydrogen-bond donors (Lipinski definition) is 0. The van der Waals surface area contributed by atoms with E-state index in [9.17, 15) is 0 Å². The Morgan fingerprint density at radius 1 is 1.00 bits per heavy atom. The van der Waals surface area contributed by atoms with Crippen molar-refractivity contribution in [1.29, 1.82) is 0 Å². The molecular formula is C19H18N4O2. The van der Waals surface area contributed by atoms with E-state index in [0.717, 1.165) is 28.1 Å². The molecule has 0 aliphatic rings. The van der Waals surface area contributed by atoms with Gasteiger partial charge < -0.3 is 14.0 Å². The zero-order valence-electron chi connectivity index (χ0n) is 14.3. The Morgan fingerprint density at radius 3 is 2.68 bits per heavy atom. The van der Waals surface area contributed by atoms with E-state index in [1.165, 1.54) is 0 Å². The Balaban J connectivity index is 1.90. The number of aromatic nitrogens is 4. The van der Waals surface area contributed by atoms with Gasteiger partial charge in [0, 0.05) is 25.1 Å². The van der Waals surface area contributed by atoms with Crippen LogP contribution in [-0.4, -0.2) is 33.3 Å². The lowest BCUT2D eigenvalue weighted by molar-refractivity contribution is 0.356. The van der Waals surface area contributed by atoms with Crippen LogP contribution in [0.4, 0.5) is 0 Å². The van der Waals surface area contributed by atoms with E-state index < -0.39 is 0 Å². The summed E-state index contributed by atoms with van der Waals surface area (Å²) in [5.74, 6) is 2.13. The Hall–Kier alpha value is -3.28. The van der Waals surface area contributed by atoms with Gasteiger partial charge >= 0.3 is 0 Å². The van der Waals surface area contributed by atoms with Gasteiger partial charge in [-0.15, -0.1) is 0 Å². The number of hydrogen-bond acceptors (Lipinski definition) is 4. The summed E-state index contributed by atoms with van der Waals surface area (Å²) in [5, 5.41) is 0. The van der Waals surface area contributed by atoms with Gasteiger partial charge in [0.1, 0.15) is 5.82 Å². The highest BCUT2D eigenvalue weighted by Crippen LogP contribution is 2.37. The van der Waals surface area contributed by atoms with Crippen LogP contribution in [0.15, 0.2) is 55.1 Å². The fourth-order valence-corrected chi connectivity index (χ4v) is 3.04. The number of aryl methyl sites for hydroxylation is 1. The molecule has 126 valence electrons. The maximum Gasteiger partial charge on any atom is 0.171 e. The van der Waals surface area contributed by atoms with E-state index >= 15 is 0 Å². The van der Waals surface area contributed by atoms with Crippen molar-refractivity contribution in [3.8, 4) is 28.6 Å². The average Bonchev–Trinajstić information content (AvgIpc) is 3.27. The molecule has 4 aromatic rings. The van der Waals surface area contributed by atoms with Crippen LogP contribution >= 0.6 is 0 Å². The molecule has 0 saturated carbocycles. The highest BCUT2D eigenvalue weighted by Gasteiger charge is 2.16. The van der Waals surface area contributed by atoms with E-state index in [0.29, 0.717) is 11.5 Å². The molecule has 0 N–H and O–H groups in total. The van der Waals surface area contributed by atoms with Crippen molar-refractivity contribution in [2.24, 2.45) is 7.05 Å². The van der Waals surface area contributed by atoms with Gasteiger partial charge in [-0.25, -0.2) is 9.97 Å². The first kappa shape index (κ1) is 15.3. The van der Waals surface area contributed by atoms with Crippen LogP contribution < -0.4 is 9.47 Å². The van der Waals surface area contributed by atoms with Crippen LogP contribution in [0.25, 0.3) is 28.1 Å². The van der Waals surface area contributed by atoms with Crippen molar-refractivity contribution in [2.45, 2.75) is 0 Å². The van der Waals surface area contributed by atoms with E-state index in [-0.39, 0.29) is 0 Å². The topological polar surface area (TPSA) is 54.1 Å². The molecule has 0 unspecified atom stereocenters. The van der Waals surface area contributed by atoms with Crippen LogP contribution in [0.5, 0.6) is 11.5 Å². The number of para-hydroxylation sites is 1. The van der Waals surface area contributed by atoms with Gasteiger partial charge in [0.15, 0.2) is 11.5 Å². The van der Waals surface area contributed by atoms with E-state index in [4.69, 9.17) is 9.47 Å². The Morgan fingerprint density at radius 2 is 1.88 bits per heavy atom. The van der Waals surface area contributed by atoms with Crippen molar-refractivity contribution in [3.05, 3.63) is 55.1 Å². The summed E-state index contributed by atoms with van der Waals surface area (Å²) in [4.78, 5) is 8.91. The highest BCUT2D eigenvalue weighted by molar-refractivity contribution is 5.78. The maximum absolute atomic E-state index is 5.57. The summed E-state index contributed by atoms with van der Waals surface area (Å²) in [7, 11) is 5.25. The second kappa shape index (κ2) is 5.98. The number of nitrogens with zero attached hydrogens (tertiary/aromatic N) is 4. The first-order valence-corrected chi connectivity index (χ1v) is 7.89. The quantitative estimate of drug-likeness (QED) is 0.574. The summed E-state index contributed by atoms with van der Waals surface area (Å²) in [5.41, 5.74) is 3.91. The third-order valence-corrected chi connectivity index (χ3v) is 4.27. The lowest BCUT2D eigenvalue weighted by atomic mass is 10.1. The summed E-state index contributed by atoms with van der Waals surface area (Å²) >= 11 is 0. The van der Waals surface area contributed by atoms with Crippen molar-refractivity contribution in [3.63, 3.8) is 0 Å². The average molecular weight is 334 g/mol. The minimum Gasteiger partial charge on any atom is -0.493 e. The summed E-state index contributed by atoms with van der Waals surface area (Å²) in [6.45, 7) is 0. The molecule has 6 nitrogen and oxygen atoms in total. The maximum atomic E-state index is 5.57. The molecule has 4 rings (SSSR count). The smallest absolute Gasteiger partial charge is 0.171 e. The SMILES string of the molecule is COc1cccc(-c2nccn2-c2ccc3ncn(C)c3c2)c1OC. The van der Waals surface area contributed by atoms with Crippen molar-refractivity contribution >= 4 is 11.0 Å². The second-order valence-electron chi connectivity index (χ2n) is 5.69. The van der Waals surface area contributed by atoms with Crippen LogP contribution in [-0.2, 0) is 7.05 Å². The molecular weight excluding hydrogens is 316 g/mol. The molecule has 2 aromatic carbocycles. The zero-order valence-corrected chi connectivity index (χ0v) is 14.3. The van der Waals surface area contributed by atoms with Crippen LogP contribution in [0.2, 0.25) is 0 Å². The second-order valence-corrected chi connectivity index (χ2v) is 5.69. The van der Waals surface area contributed by atoms with Crippen molar-refractivity contribution in [2.75, 3.05) is 14.2 Å². The fourth-order valence-electron chi connectivity index (χ4n) is 3.04. The van der Waals surface area contributed by atoms with Gasteiger partial charge in [-0.1, -0.05) is 6.07 Å². The van der Waals surface area contributed by atoms with Crippen LogP contribution in [0.3, 0.4) is 0 Å². The van der Waals surface area contributed by atoms with Gasteiger partial charge in [0.25, 0.3) is 0 Å². The lowest BCUT2D eigenvalue weighted by Crippen LogP contribution is -2.00. The van der Waals surface area contributed by atoms with Gasteiger partial charge in [0.05, 0.1) is 37.1 Å². The van der Waals surface area contributed by atoms with Crippen molar-refractivity contribution < 1.29 is 9.47 Å². The largest absolute Gasteiger partial charge is 0.493 e. The predicted molar refractivity (Wildman–Crippen MR) is 96.4 cm³/mol. The Bertz CT molecular complexity index is 1050. The number of imidazole rings is 2. The molecule has 0 aliphatic heterocycles. The number of fused-ring (bicyclic) bond motifs is 1. The Labute approximate surface area is 145 Å². The normalized spacial score (nSPS) is 11.0. The van der Waals surface area contributed by atoms with E-state index in [1.807, 2.05) is 59.0 Å². The van der Waals surface area contributed by atoms with Crippen LogP contribution in [0.1, 0.15) is 0 Å². The summed E-state index contributed by atoms with van der Waals surface area (Å²) in [6, 6.07) is 11.9. The van der Waals surface area contributed by atoms with Gasteiger partial charge in [-0.3, -0.25) is 4.57 Å². The molecule has 0 amide bonds. The molecule has 0 atom stereocenters. The van der Waals surface area contributed by atoms with Gasteiger partial charge in [0.2, 0.25) is 0 Å². The zero-order chi connectivity index (χ0) is 17.4. The third-order valence-electron chi connectivity index (χ3n) is 4.27. The highest BCUT2D eigenvalue weighted by atomic mass is 16.5. The first-order chi connectivity index (χ1) is 12.2. The Kier molecular flexibility index (Phi) is 3.65. The fraction of sp³-hybridized carbons (Fsp3) is 0.158. The monoisotopic (exact) mass is 334 g/mol. The third kappa shape index (κ3) is 2.42. The minimum absolute atomic E-state index is 0.666. The number of benzene rings is 2. The summed E-state index contributed by atoms with van der Waals surface area (Å²) < 4.78 is 15.0. The van der Waals surface area contributed by atoms with E-state index in [2.05, 4.69) is 16.0 Å². The molecule has 2 aromatic heterocycles.